The van der Waals surface area contributed by atoms with Crippen LogP contribution in [-0.2, 0) is 0 Å². The number of hydrogen-bond acceptors (Lipinski definition) is 2. The van der Waals surface area contributed by atoms with Crippen LogP contribution in [0.1, 0.15) is 27.7 Å². The molecule has 1 N–H and O–H groups in total. The molecule has 0 aliphatic heterocycles. The van der Waals surface area contributed by atoms with Gasteiger partial charge < -0.3 is 10.1 Å². The van der Waals surface area contributed by atoms with Crippen molar-refractivity contribution in [3.63, 3.8) is 0 Å². The van der Waals surface area contributed by atoms with Gasteiger partial charge in [-0.3, -0.25) is 0 Å². The van der Waals surface area contributed by atoms with Gasteiger partial charge in [-0.15, -0.1) is 0 Å². The van der Waals surface area contributed by atoms with E-state index in [0.29, 0.717) is 12.6 Å². The van der Waals surface area contributed by atoms with Crippen molar-refractivity contribution in [2.75, 3.05) is 6.54 Å². The van der Waals surface area contributed by atoms with E-state index in [1.54, 1.807) is 12.1 Å². The van der Waals surface area contributed by atoms with Gasteiger partial charge in [-0.25, -0.2) is 4.39 Å². The van der Waals surface area contributed by atoms with E-state index in [0.717, 1.165) is 0 Å². The molecule has 0 amide bonds. The number of hydrogen-bond donors (Lipinski definition) is 1. The second-order valence-corrected chi connectivity index (χ2v) is 5.42. The van der Waals surface area contributed by atoms with Gasteiger partial charge in [0.05, 0.1) is 5.02 Å². The van der Waals surface area contributed by atoms with E-state index in [4.69, 9.17) is 16.3 Å². The molecule has 0 fully saturated rings. The lowest BCUT2D eigenvalue weighted by atomic mass is 10.1. The maximum absolute atomic E-state index is 13.7. The topological polar surface area (TPSA) is 21.3 Å². The molecule has 0 heterocycles. The van der Waals surface area contributed by atoms with Gasteiger partial charge in [-0.1, -0.05) is 45.4 Å². The Morgan fingerprint density at radius 2 is 1.94 bits per heavy atom. The van der Waals surface area contributed by atoms with Crippen LogP contribution in [0, 0.1) is 11.7 Å². The Morgan fingerprint density at radius 1 is 1.28 bits per heavy atom. The predicted octanol–water partition coefficient (Wildman–Crippen LogP) is 3.88. The summed E-state index contributed by atoms with van der Waals surface area (Å²) in [6.07, 6.45) is -0.0830. The molecule has 0 aromatic heterocycles. The first-order valence-corrected chi connectivity index (χ1v) is 6.63. The minimum atomic E-state index is -0.491. The average molecular weight is 274 g/mol. The van der Waals surface area contributed by atoms with E-state index in [1.807, 2.05) is 0 Å². The molecule has 0 radical (unpaired) electrons. The van der Waals surface area contributed by atoms with E-state index in [1.165, 1.54) is 6.07 Å². The third kappa shape index (κ3) is 4.46. The lowest BCUT2D eigenvalue weighted by molar-refractivity contribution is 0.140. The highest BCUT2D eigenvalue weighted by atomic mass is 35.5. The van der Waals surface area contributed by atoms with E-state index < -0.39 is 5.82 Å². The molecule has 0 spiro atoms. The van der Waals surface area contributed by atoms with Crippen LogP contribution in [0.3, 0.4) is 0 Å². The van der Waals surface area contributed by atoms with Crippen LogP contribution >= 0.6 is 11.6 Å². The molecular weight excluding hydrogens is 253 g/mol. The zero-order valence-corrected chi connectivity index (χ0v) is 12.1. The largest absolute Gasteiger partial charge is 0.486 e. The fourth-order valence-electron chi connectivity index (χ4n) is 1.50. The zero-order chi connectivity index (χ0) is 13.7. The summed E-state index contributed by atoms with van der Waals surface area (Å²) in [5.41, 5.74) is 0. The molecule has 0 aliphatic carbocycles. The summed E-state index contributed by atoms with van der Waals surface area (Å²) < 4.78 is 19.5. The molecule has 1 rings (SSSR count). The van der Waals surface area contributed by atoms with Crippen molar-refractivity contribution >= 4 is 11.6 Å². The molecule has 0 saturated carbocycles. The molecule has 1 aromatic rings. The smallest absolute Gasteiger partial charge is 0.183 e. The maximum atomic E-state index is 13.7. The third-order valence-corrected chi connectivity index (χ3v) is 2.96. The highest BCUT2D eigenvalue weighted by Crippen LogP contribution is 2.26. The van der Waals surface area contributed by atoms with Crippen LogP contribution in [-0.4, -0.2) is 18.7 Å². The van der Waals surface area contributed by atoms with Gasteiger partial charge in [0.25, 0.3) is 0 Å². The Labute approximate surface area is 113 Å². The summed E-state index contributed by atoms with van der Waals surface area (Å²) in [7, 11) is 0. The Hall–Kier alpha value is -0.800. The van der Waals surface area contributed by atoms with Crippen molar-refractivity contribution in [1.29, 1.82) is 0 Å². The lowest BCUT2D eigenvalue weighted by Gasteiger charge is -2.24. The third-order valence-electron chi connectivity index (χ3n) is 2.67. The Kier molecular flexibility index (Phi) is 5.89. The number of benzene rings is 1. The minimum absolute atomic E-state index is 0.0830. The molecule has 0 bridgehead atoms. The van der Waals surface area contributed by atoms with Gasteiger partial charge in [0.1, 0.15) is 6.10 Å². The molecule has 18 heavy (non-hydrogen) atoms. The van der Waals surface area contributed by atoms with Gasteiger partial charge in [-0.2, -0.15) is 0 Å². The predicted molar refractivity (Wildman–Crippen MR) is 73.8 cm³/mol. The van der Waals surface area contributed by atoms with Crippen molar-refractivity contribution in [2.45, 2.75) is 39.8 Å². The molecule has 4 heteroatoms. The first-order valence-electron chi connectivity index (χ1n) is 6.26. The average Bonchev–Trinajstić information content (AvgIpc) is 2.29. The van der Waals surface area contributed by atoms with E-state index in [-0.39, 0.29) is 22.8 Å². The standard InChI is InChI=1S/C14H21ClFNO/c1-9(2)13(8-17-10(3)4)18-12-7-5-6-11(15)14(12)16/h5-7,9-10,13,17H,8H2,1-4H3. The summed E-state index contributed by atoms with van der Waals surface area (Å²) in [5.74, 6) is 0.00995. The quantitative estimate of drug-likeness (QED) is 0.849. The van der Waals surface area contributed by atoms with E-state index in [9.17, 15) is 4.39 Å². The fourth-order valence-corrected chi connectivity index (χ4v) is 1.67. The van der Waals surface area contributed by atoms with Crippen molar-refractivity contribution < 1.29 is 9.13 Å². The summed E-state index contributed by atoms with van der Waals surface area (Å²) in [6, 6.07) is 5.18. The van der Waals surface area contributed by atoms with Gasteiger partial charge >= 0.3 is 0 Å². The Bertz CT molecular complexity index is 382. The molecule has 0 aliphatic rings. The lowest BCUT2D eigenvalue weighted by Crippen LogP contribution is -2.38. The van der Waals surface area contributed by atoms with Crippen molar-refractivity contribution in [3.8, 4) is 5.75 Å². The molecular formula is C14H21ClFNO. The van der Waals surface area contributed by atoms with Gasteiger partial charge in [-0.05, 0) is 18.1 Å². The zero-order valence-electron chi connectivity index (χ0n) is 11.3. The minimum Gasteiger partial charge on any atom is -0.486 e. The highest BCUT2D eigenvalue weighted by molar-refractivity contribution is 6.30. The number of rotatable bonds is 6. The second-order valence-electron chi connectivity index (χ2n) is 5.02. The van der Waals surface area contributed by atoms with E-state index in [2.05, 4.69) is 33.0 Å². The maximum Gasteiger partial charge on any atom is 0.183 e. The fraction of sp³-hybridized carbons (Fsp3) is 0.571. The van der Waals surface area contributed by atoms with Crippen molar-refractivity contribution in [2.24, 2.45) is 5.92 Å². The normalized spacial score (nSPS) is 13.1. The number of nitrogens with one attached hydrogen (secondary N) is 1. The number of ether oxygens (including phenoxy) is 1. The van der Waals surface area contributed by atoms with Crippen LogP contribution in [0.25, 0.3) is 0 Å². The van der Waals surface area contributed by atoms with Crippen LogP contribution < -0.4 is 10.1 Å². The van der Waals surface area contributed by atoms with Crippen LogP contribution in [0.15, 0.2) is 18.2 Å². The monoisotopic (exact) mass is 273 g/mol. The SMILES string of the molecule is CC(C)NCC(Oc1cccc(Cl)c1F)C(C)C. The Balaban J connectivity index is 2.74. The van der Waals surface area contributed by atoms with Crippen LogP contribution in [0.5, 0.6) is 5.75 Å². The van der Waals surface area contributed by atoms with Gasteiger partial charge in [0.15, 0.2) is 11.6 Å². The molecule has 1 aromatic carbocycles. The van der Waals surface area contributed by atoms with Crippen molar-refractivity contribution in [1.82, 2.24) is 5.32 Å². The van der Waals surface area contributed by atoms with E-state index >= 15 is 0 Å². The molecule has 2 nitrogen and oxygen atoms in total. The highest BCUT2D eigenvalue weighted by Gasteiger charge is 2.18. The summed E-state index contributed by atoms with van der Waals surface area (Å²) in [5, 5.41) is 3.39. The summed E-state index contributed by atoms with van der Waals surface area (Å²) in [6.45, 7) is 8.92. The Morgan fingerprint density at radius 3 is 2.50 bits per heavy atom. The van der Waals surface area contributed by atoms with Crippen molar-refractivity contribution in [3.05, 3.63) is 29.0 Å². The molecule has 1 atom stereocenters. The van der Waals surface area contributed by atoms with Gasteiger partial charge in [0, 0.05) is 12.6 Å². The van der Waals surface area contributed by atoms with Crippen LogP contribution in [0.2, 0.25) is 5.02 Å². The first-order chi connectivity index (χ1) is 8.41. The summed E-state index contributed by atoms with van der Waals surface area (Å²) in [4.78, 5) is 0. The number of halogens is 2. The summed E-state index contributed by atoms with van der Waals surface area (Å²) >= 11 is 5.73. The second kappa shape index (κ2) is 6.95. The molecule has 102 valence electrons. The van der Waals surface area contributed by atoms with Gasteiger partial charge in [0.2, 0.25) is 0 Å². The molecule has 0 saturated heterocycles. The molecule has 1 unspecified atom stereocenters. The van der Waals surface area contributed by atoms with Crippen LogP contribution in [0.4, 0.5) is 4.39 Å². The first kappa shape index (κ1) is 15.3.